The van der Waals surface area contributed by atoms with Gasteiger partial charge < -0.3 is 5.32 Å². The quantitative estimate of drug-likeness (QED) is 0.633. The fourth-order valence-electron chi connectivity index (χ4n) is 0.904. The van der Waals surface area contributed by atoms with Crippen LogP contribution in [0, 0.1) is 6.07 Å². The van der Waals surface area contributed by atoms with E-state index < -0.39 is 0 Å². The Morgan fingerprint density at radius 3 is 3.14 bits per heavy atom. The first kappa shape index (κ1) is 11.4. The van der Waals surface area contributed by atoms with Crippen LogP contribution in [0.4, 0.5) is 0 Å². The normalized spacial score (nSPS) is 9.86. The molecule has 0 spiro atoms. The van der Waals surface area contributed by atoms with Crippen LogP contribution in [0.5, 0.6) is 0 Å². The summed E-state index contributed by atoms with van der Waals surface area (Å²) in [5, 5.41) is 3.35. The summed E-state index contributed by atoms with van der Waals surface area (Å²) in [4.78, 5) is 11.7. The maximum atomic E-state index is 10.6. The van der Waals surface area contributed by atoms with E-state index >= 15 is 0 Å². The molecule has 14 heavy (non-hydrogen) atoms. The fraction of sp³-hybridized carbons (Fsp3) is 0.300. The van der Waals surface area contributed by atoms with Crippen molar-refractivity contribution in [2.45, 2.75) is 11.8 Å². The van der Waals surface area contributed by atoms with Gasteiger partial charge >= 0.3 is 0 Å². The third-order valence-electron chi connectivity index (χ3n) is 1.48. The first-order chi connectivity index (χ1) is 6.68. The molecule has 0 heterocycles. The molecule has 1 aromatic rings. The number of hydrogen-bond donors (Lipinski definition) is 1. The van der Waals surface area contributed by atoms with Crippen LogP contribution in [0.1, 0.15) is 6.92 Å². The van der Waals surface area contributed by atoms with Gasteiger partial charge in [0.15, 0.2) is 0 Å². The summed E-state index contributed by atoms with van der Waals surface area (Å²) < 4.78 is 0. The lowest BCUT2D eigenvalue weighted by molar-refractivity contribution is -0.118. The minimum absolute atomic E-state index is 0.00466. The van der Waals surface area contributed by atoms with E-state index in [-0.39, 0.29) is 5.91 Å². The number of amides is 1. The van der Waals surface area contributed by atoms with Crippen molar-refractivity contribution in [3.05, 3.63) is 29.3 Å². The molecule has 1 N–H and O–H groups in total. The Labute approximate surface area is 93.0 Å². The molecular weight excluding hydrogens is 218 g/mol. The average Bonchev–Trinajstić information content (AvgIpc) is 2.12. The number of halogens is 1. The molecule has 75 valence electrons. The van der Waals surface area contributed by atoms with E-state index in [9.17, 15) is 4.79 Å². The Hall–Kier alpha value is -0.670. The monoisotopic (exact) mass is 228 g/mol. The lowest BCUT2D eigenvalue weighted by Gasteiger charge is -2.02. The number of nitrogens with one attached hydrogen (secondary N) is 1. The second-order valence-electron chi connectivity index (χ2n) is 2.70. The molecule has 0 atom stereocenters. The van der Waals surface area contributed by atoms with E-state index in [2.05, 4.69) is 11.4 Å². The van der Waals surface area contributed by atoms with E-state index in [1.54, 1.807) is 17.8 Å². The number of carbonyl (C=O) groups is 1. The van der Waals surface area contributed by atoms with Gasteiger partial charge in [0.25, 0.3) is 0 Å². The third-order valence-corrected chi connectivity index (χ3v) is 2.70. The van der Waals surface area contributed by atoms with Gasteiger partial charge in [-0.3, -0.25) is 4.79 Å². The number of carbonyl (C=O) groups excluding carboxylic acids is 1. The van der Waals surface area contributed by atoms with E-state index in [0.717, 1.165) is 10.6 Å². The van der Waals surface area contributed by atoms with E-state index in [4.69, 9.17) is 11.6 Å². The Morgan fingerprint density at radius 2 is 2.50 bits per heavy atom. The van der Waals surface area contributed by atoms with Crippen LogP contribution >= 0.6 is 23.4 Å². The second-order valence-corrected chi connectivity index (χ2v) is 4.28. The van der Waals surface area contributed by atoms with Gasteiger partial charge in [-0.05, 0) is 12.1 Å². The summed E-state index contributed by atoms with van der Waals surface area (Å²) >= 11 is 7.43. The molecule has 0 saturated heterocycles. The maximum Gasteiger partial charge on any atom is 0.216 e. The van der Waals surface area contributed by atoms with Crippen molar-refractivity contribution in [3.8, 4) is 0 Å². The van der Waals surface area contributed by atoms with Crippen molar-refractivity contribution < 1.29 is 4.79 Å². The largest absolute Gasteiger partial charge is 0.356 e. The Bertz CT molecular complexity index is 317. The van der Waals surface area contributed by atoms with Crippen molar-refractivity contribution in [1.29, 1.82) is 0 Å². The van der Waals surface area contributed by atoms with Gasteiger partial charge in [0.1, 0.15) is 0 Å². The van der Waals surface area contributed by atoms with E-state index in [1.807, 2.05) is 12.1 Å². The maximum absolute atomic E-state index is 10.6. The predicted octanol–water partition coefficient (Wildman–Crippen LogP) is 2.37. The minimum Gasteiger partial charge on any atom is -0.356 e. The molecule has 0 aromatic heterocycles. The van der Waals surface area contributed by atoms with Crippen LogP contribution in [0.25, 0.3) is 0 Å². The van der Waals surface area contributed by atoms with Crippen LogP contribution in [0.3, 0.4) is 0 Å². The van der Waals surface area contributed by atoms with Gasteiger partial charge in [0.05, 0.1) is 0 Å². The molecule has 0 saturated carbocycles. The number of benzene rings is 1. The van der Waals surface area contributed by atoms with Gasteiger partial charge in [0, 0.05) is 35.2 Å². The summed E-state index contributed by atoms with van der Waals surface area (Å²) in [6, 6.07) is 8.47. The van der Waals surface area contributed by atoms with Gasteiger partial charge in [-0.1, -0.05) is 17.7 Å². The van der Waals surface area contributed by atoms with Crippen molar-refractivity contribution in [3.63, 3.8) is 0 Å². The Kier molecular flexibility index (Phi) is 4.84. The van der Waals surface area contributed by atoms with Crippen LogP contribution in [-0.2, 0) is 4.79 Å². The van der Waals surface area contributed by atoms with Crippen LogP contribution < -0.4 is 5.32 Å². The second kappa shape index (κ2) is 5.94. The SMILES string of the molecule is CC(=O)NCCSc1cc[c]c(Cl)c1. The molecule has 1 amide bonds. The molecule has 0 aliphatic heterocycles. The van der Waals surface area contributed by atoms with Gasteiger partial charge in [-0.15, -0.1) is 11.8 Å². The molecule has 0 bridgehead atoms. The highest BCUT2D eigenvalue weighted by atomic mass is 35.5. The lowest BCUT2D eigenvalue weighted by atomic mass is 10.4. The molecule has 0 aliphatic rings. The Balaban J connectivity index is 2.28. The van der Waals surface area contributed by atoms with Crippen molar-refractivity contribution in [2.75, 3.05) is 12.3 Å². The number of thioether (sulfide) groups is 1. The molecule has 0 aliphatic carbocycles. The standard InChI is InChI=1S/C10H11ClNOS/c1-8(13)12-5-6-14-10-4-2-3-9(11)7-10/h2,4,7H,5-6H2,1H3,(H,12,13). The first-order valence-electron chi connectivity index (χ1n) is 4.23. The summed E-state index contributed by atoms with van der Waals surface area (Å²) in [5.74, 6) is 0.852. The smallest absolute Gasteiger partial charge is 0.216 e. The minimum atomic E-state index is 0.00466. The number of rotatable bonds is 4. The Morgan fingerprint density at radius 1 is 1.71 bits per heavy atom. The summed E-state index contributed by atoms with van der Waals surface area (Å²) in [6.45, 7) is 2.19. The zero-order valence-corrected chi connectivity index (χ0v) is 9.41. The average molecular weight is 229 g/mol. The van der Waals surface area contributed by atoms with Crippen LogP contribution in [-0.4, -0.2) is 18.2 Å². The van der Waals surface area contributed by atoms with Gasteiger partial charge in [-0.2, -0.15) is 0 Å². The van der Waals surface area contributed by atoms with Crippen LogP contribution in [0.2, 0.25) is 5.02 Å². The highest BCUT2D eigenvalue weighted by molar-refractivity contribution is 7.99. The third kappa shape index (κ3) is 4.53. The molecule has 0 fully saturated rings. The molecule has 4 heteroatoms. The molecule has 1 rings (SSSR count). The van der Waals surface area contributed by atoms with Crippen molar-refractivity contribution in [2.24, 2.45) is 0 Å². The summed E-state index contributed by atoms with van der Waals surface area (Å²) in [6.07, 6.45) is 0. The van der Waals surface area contributed by atoms with Crippen molar-refractivity contribution in [1.82, 2.24) is 5.32 Å². The predicted molar refractivity (Wildman–Crippen MR) is 59.7 cm³/mol. The highest BCUT2D eigenvalue weighted by Crippen LogP contribution is 2.20. The zero-order chi connectivity index (χ0) is 10.4. The van der Waals surface area contributed by atoms with Gasteiger partial charge in [0.2, 0.25) is 5.91 Å². The highest BCUT2D eigenvalue weighted by Gasteiger charge is 1.95. The van der Waals surface area contributed by atoms with Gasteiger partial charge in [-0.25, -0.2) is 0 Å². The summed E-state index contributed by atoms with van der Waals surface area (Å²) in [5.41, 5.74) is 0. The van der Waals surface area contributed by atoms with Crippen molar-refractivity contribution >= 4 is 29.3 Å². The van der Waals surface area contributed by atoms with Crippen LogP contribution in [0.15, 0.2) is 23.1 Å². The molecule has 1 radical (unpaired) electrons. The summed E-state index contributed by atoms with van der Waals surface area (Å²) in [7, 11) is 0. The first-order valence-corrected chi connectivity index (χ1v) is 5.59. The molecule has 1 aromatic carbocycles. The van der Waals surface area contributed by atoms with E-state index in [0.29, 0.717) is 11.6 Å². The van der Waals surface area contributed by atoms with E-state index in [1.165, 1.54) is 6.92 Å². The zero-order valence-electron chi connectivity index (χ0n) is 7.84. The molecule has 2 nitrogen and oxygen atoms in total. The molecular formula is C10H11ClNOS. The number of hydrogen-bond acceptors (Lipinski definition) is 2. The lowest BCUT2D eigenvalue weighted by Crippen LogP contribution is -2.22. The fourth-order valence-corrected chi connectivity index (χ4v) is 1.95. The topological polar surface area (TPSA) is 29.1 Å². The molecule has 0 unspecified atom stereocenters.